The van der Waals surface area contributed by atoms with E-state index in [1.165, 1.54) is 44.0 Å². The van der Waals surface area contributed by atoms with Gasteiger partial charge in [-0.2, -0.15) is 0 Å². The third-order valence-corrected chi connectivity index (χ3v) is 5.70. The van der Waals surface area contributed by atoms with E-state index in [0.29, 0.717) is 38.8 Å². The molecule has 0 atom stereocenters. The van der Waals surface area contributed by atoms with Gasteiger partial charge in [-0.05, 0) is 18.6 Å². The highest BCUT2D eigenvalue weighted by Crippen LogP contribution is 2.37. The Bertz CT molecular complexity index is 1120. The van der Waals surface area contributed by atoms with Crippen LogP contribution in [0.5, 0.6) is 5.75 Å². The first-order valence-corrected chi connectivity index (χ1v) is 9.84. The number of nitrogens with zero attached hydrogens (tertiary/aromatic N) is 2. The summed E-state index contributed by atoms with van der Waals surface area (Å²) in [5, 5.41) is 13.2. The number of aromatic carboxylic acids is 1. The van der Waals surface area contributed by atoms with Crippen molar-refractivity contribution in [3.8, 4) is 5.75 Å². The number of anilines is 2. The molecule has 11 heteroatoms. The lowest BCUT2D eigenvalue weighted by molar-refractivity contribution is 0.0392. The standard InChI is InChI=1S/C19H18ClN3O6S/c1-9-14-16(23-12-7-13(28-3)10(18(24)25)6-11(12)20)21-8-22-17(14)30-15(9)19(26)29-5-4-27-2/h6-8H,4-5H2,1-3H3,(H,24,25)(H,21,22,23). The van der Waals surface area contributed by atoms with Crippen LogP contribution in [0, 0.1) is 6.92 Å². The van der Waals surface area contributed by atoms with Crippen molar-refractivity contribution < 1.29 is 28.9 Å². The number of rotatable bonds is 8. The number of fused-ring (bicyclic) bond motifs is 1. The summed E-state index contributed by atoms with van der Waals surface area (Å²) < 4.78 is 15.2. The second-order valence-corrected chi connectivity index (χ2v) is 7.46. The molecule has 0 fully saturated rings. The van der Waals surface area contributed by atoms with Crippen molar-refractivity contribution in [2.75, 3.05) is 32.8 Å². The number of esters is 1. The van der Waals surface area contributed by atoms with Crippen molar-refractivity contribution in [1.29, 1.82) is 0 Å². The Balaban J connectivity index is 2.00. The quantitative estimate of drug-likeness (QED) is 0.388. The minimum atomic E-state index is -1.16. The number of hydrogen-bond acceptors (Lipinski definition) is 9. The number of carboxylic acid groups (broad SMARTS) is 1. The van der Waals surface area contributed by atoms with Crippen LogP contribution in [-0.4, -0.2) is 54.4 Å². The van der Waals surface area contributed by atoms with Gasteiger partial charge in [-0.1, -0.05) is 11.6 Å². The summed E-state index contributed by atoms with van der Waals surface area (Å²) in [4.78, 5) is 33.2. The van der Waals surface area contributed by atoms with E-state index in [4.69, 9.17) is 25.8 Å². The van der Waals surface area contributed by atoms with Crippen LogP contribution in [0.4, 0.5) is 11.5 Å². The lowest BCUT2D eigenvalue weighted by Gasteiger charge is -2.12. The first-order valence-electron chi connectivity index (χ1n) is 8.65. The Hall–Kier alpha value is -2.95. The molecule has 3 aromatic rings. The van der Waals surface area contributed by atoms with Crippen LogP contribution >= 0.6 is 22.9 Å². The Labute approximate surface area is 180 Å². The van der Waals surface area contributed by atoms with Gasteiger partial charge in [0.25, 0.3) is 0 Å². The molecule has 0 aliphatic carbocycles. The molecule has 2 heterocycles. The maximum atomic E-state index is 12.4. The van der Waals surface area contributed by atoms with E-state index in [9.17, 15) is 14.7 Å². The van der Waals surface area contributed by atoms with Gasteiger partial charge in [0.1, 0.15) is 39.8 Å². The van der Waals surface area contributed by atoms with E-state index in [1.54, 1.807) is 6.92 Å². The molecule has 0 aliphatic rings. The summed E-state index contributed by atoms with van der Waals surface area (Å²) >= 11 is 7.45. The fourth-order valence-corrected chi connectivity index (χ4v) is 4.01. The molecule has 158 valence electrons. The third kappa shape index (κ3) is 4.30. The molecule has 0 saturated heterocycles. The number of benzene rings is 1. The molecule has 0 aliphatic heterocycles. The van der Waals surface area contributed by atoms with Crippen molar-refractivity contribution >= 4 is 56.6 Å². The molecule has 30 heavy (non-hydrogen) atoms. The molecule has 1 aromatic carbocycles. The SMILES string of the molecule is COCCOC(=O)c1sc2ncnc(Nc3cc(OC)c(C(=O)O)cc3Cl)c2c1C. The van der Waals surface area contributed by atoms with Crippen molar-refractivity contribution in [2.24, 2.45) is 0 Å². The van der Waals surface area contributed by atoms with Gasteiger partial charge >= 0.3 is 11.9 Å². The minimum absolute atomic E-state index is 0.0614. The molecule has 0 bridgehead atoms. The topological polar surface area (TPSA) is 120 Å². The predicted octanol–water partition coefficient (Wildman–Crippen LogP) is 3.91. The highest BCUT2D eigenvalue weighted by molar-refractivity contribution is 7.20. The average molecular weight is 452 g/mol. The summed E-state index contributed by atoms with van der Waals surface area (Å²) in [6.07, 6.45) is 1.36. The summed E-state index contributed by atoms with van der Waals surface area (Å²) in [5.74, 6) is -1.07. The van der Waals surface area contributed by atoms with Crippen LogP contribution in [0.25, 0.3) is 10.2 Å². The normalized spacial score (nSPS) is 10.8. The van der Waals surface area contributed by atoms with Gasteiger partial charge in [-0.15, -0.1) is 11.3 Å². The fourth-order valence-electron chi connectivity index (χ4n) is 2.76. The number of aromatic nitrogens is 2. The van der Waals surface area contributed by atoms with Gasteiger partial charge in [0, 0.05) is 13.2 Å². The van der Waals surface area contributed by atoms with Gasteiger partial charge in [0.2, 0.25) is 0 Å². The smallest absolute Gasteiger partial charge is 0.348 e. The monoisotopic (exact) mass is 451 g/mol. The Morgan fingerprint density at radius 2 is 2.00 bits per heavy atom. The van der Waals surface area contributed by atoms with Crippen LogP contribution in [0.3, 0.4) is 0 Å². The number of hydrogen-bond donors (Lipinski definition) is 2. The van der Waals surface area contributed by atoms with Crippen molar-refractivity contribution in [2.45, 2.75) is 6.92 Å². The zero-order valence-electron chi connectivity index (χ0n) is 16.3. The highest BCUT2D eigenvalue weighted by atomic mass is 35.5. The van der Waals surface area contributed by atoms with Crippen LogP contribution in [-0.2, 0) is 9.47 Å². The number of carbonyl (C=O) groups excluding carboxylic acids is 1. The van der Waals surface area contributed by atoms with Crippen LogP contribution < -0.4 is 10.1 Å². The molecule has 0 radical (unpaired) electrons. The Morgan fingerprint density at radius 3 is 2.67 bits per heavy atom. The largest absolute Gasteiger partial charge is 0.496 e. The molecule has 0 spiro atoms. The molecule has 0 amide bonds. The van der Waals surface area contributed by atoms with E-state index in [1.807, 2.05) is 0 Å². The number of thiophene rings is 1. The number of halogens is 1. The van der Waals surface area contributed by atoms with Gasteiger partial charge in [-0.25, -0.2) is 19.6 Å². The highest BCUT2D eigenvalue weighted by Gasteiger charge is 2.22. The number of nitrogens with one attached hydrogen (secondary N) is 1. The lowest BCUT2D eigenvalue weighted by atomic mass is 10.1. The van der Waals surface area contributed by atoms with Gasteiger partial charge in [-0.3, -0.25) is 0 Å². The van der Waals surface area contributed by atoms with E-state index >= 15 is 0 Å². The minimum Gasteiger partial charge on any atom is -0.496 e. The summed E-state index contributed by atoms with van der Waals surface area (Å²) in [7, 11) is 2.89. The molecular formula is C19H18ClN3O6S. The van der Waals surface area contributed by atoms with E-state index < -0.39 is 11.9 Å². The predicted molar refractivity (Wildman–Crippen MR) is 113 cm³/mol. The van der Waals surface area contributed by atoms with Crippen molar-refractivity contribution in [3.63, 3.8) is 0 Å². The molecule has 0 unspecified atom stereocenters. The fraction of sp³-hybridized carbons (Fsp3) is 0.263. The molecule has 9 nitrogen and oxygen atoms in total. The molecule has 2 N–H and O–H groups in total. The zero-order chi connectivity index (χ0) is 21.8. The summed E-state index contributed by atoms with van der Waals surface area (Å²) in [6, 6.07) is 2.77. The van der Waals surface area contributed by atoms with Crippen molar-refractivity contribution in [1.82, 2.24) is 9.97 Å². The number of carbonyl (C=O) groups is 2. The van der Waals surface area contributed by atoms with Crippen molar-refractivity contribution in [3.05, 3.63) is 39.5 Å². The zero-order valence-corrected chi connectivity index (χ0v) is 17.9. The van der Waals surface area contributed by atoms with Gasteiger partial charge in [0.15, 0.2) is 0 Å². The molecule has 0 saturated carbocycles. The number of methoxy groups -OCH3 is 2. The Kier molecular flexibility index (Phi) is 6.70. The second kappa shape index (κ2) is 9.24. The average Bonchev–Trinajstić information content (AvgIpc) is 3.06. The van der Waals surface area contributed by atoms with Crippen LogP contribution in [0.1, 0.15) is 25.6 Å². The second-order valence-electron chi connectivity index (χ2n) is 6.05. The van der Waals surface area contributed by atoms with Gasteiger partial charge in [0.05, 0.1) is 29.8 Å². The maximum absolute atomic E-state index is 12.4. The van der Waals surface area contributed by atoms with E-state index in [-0.39, 0.29) is 22.9 Å². The molecular weight excluding hydrogens is 434 g/mol. The van der Waals surface area contributed by atoms with Gasteiger partial charge < -0.3 is 24.6 Å². The number of carboxylic acids is 1. The van der Waals surface area contributed by atoms with E-state index in [2.05, 4.69) is 15.3 Å². The Morgan fingerprint density at radius 1 is 1.23 bits per heavy atom. The molecule has 3 rings (SSSR count). The van der Waals surface area contributed by atoms with Crippen LogP contribution in [0.15, 0.2) is 18.5 Å². The lowest BCUT2D eigenvalue weighted by Crippen LogP contribution is -2.09. The first kappa shape index (κ1) is 21.8. The maximum Gasteiger partial charge on any atom is 0.348 e. The molecule has 2 aromatic heterocycles. The summed E-state index contributed by atoms with van der Waals surface area (Å²) in [6.45, 7) is 2.22. The number of aryl methyl sites for hydroxylation is 1. The first-order chi connectivity index (χ1) is 14.4. The number of ether oxygens (including phenoxy) is 3. The summed E-state index contributed by atoms with van der Waals surface area (Å²) in [5.41, 5.74) is 0.993. The van der Waals surface area contributed by atoms with E-state index in [0.717, 1.165) is 0 Å². The third-order valence-electron chi connectivity index (χ3n) is 4.21. The van der Waals surface area contributed by atoms with Crippen LogP contribution in [0.2, 0.25) is 5.02 Å².